The monoisotopic (exact) mass is 263 g/mol. The molecule has 0 aliphatic carbocycles. The van der Waals surface area contributed by atoms with Crippen molar-refractivity contribution in [2.75, 3.05) is 7.11 Å². The summed E-state index contributed by atoms with van der Waals surface area (Å²) in [5, 5.41) is 9.71. The number of phenols is 1. The van der Waals surface area contributed by atoms with E-state index >= 15 is 0 Å². The first-order valence-corrected chi connectivity index (χ1v) is 5.76. The van der Waals surface area contributed by atoms with Gasteiger partial charge in [-0.3, -0.25) is 14.5 Å². The molecule has 1 aromatic rings. The second-order valence-corrected chi connectivity index (χ2v) is 4.22. The number of phenolic OH excluding ortho intramolecular Hbond substituents is 1. The number of methoxy groups -OCH3 is 1. The molecule has 100 valence electrons. The van der Waals surface area contributed by atoms with Crippen LogP contribution >= 0.6 is 0 Å². The quantitative estimate of drug-likeness (QED) is 0.645. The third kappa shape index (κ3) is 2.57. The molecule has 6 nitrogen and oxygen atoms in total. The van der Waals surface area contributed by atoms with E-state index in [1.54, 1.807) is 6.07 Å². The predicted octanol–water partition coefficient (Wildman–Crippen LogP) is 0.828. The lowest BCUT2D eigenvalue weighted by molar-refractivity contribution is -0.139. The molecule has 0 spiro atoms. The van der Waals surface area contributed by atoms with E-state index in [2.05, 4.69) is 4.74 Å². The van der Waals surface area contributed by atoms with Gasteiger partial charge in [0.25, 0.3) is 0 Å². The molecule has 0 unspecified atom stereocenters. The number of hydrogen-bond acceptors (Lipinski definition) is 5. The molecule has 0 saturated carbocycles. The van der Waals surface area contributed by atoms with E-state index in [4.69, 9.17) is 0 Å². The minimum atomic E-state index is -0.641. The summed E-state index contributed by atoms with van der Waals surface area (Å²) < 4.78 is 4.51. The highest BCUT2D eigenvalue weighted by atomic mass is 16.5. The smallest absolute Gasteiger partial charge is 0.341 e. The van der Waals surface area contributed by atoms with Gasteiger partial charge >= 0.3 is 5.97 Å². The minimum Gasteiger partial charge on any atom is -0.507 e. The summed E-state index contributed by atoms with van der Waals surface area (Å²) >= 11 is 0. The highest BCUT2D eigenvalue weighted by Crippen LogP contribution is 2.22. The number of likely N-dealkylation sites (tertiary alicyclic amines) is 1. The van der Waals surface area contributed by atoms with Gasteiger partial charge in [0.15, 0.2) is 0 Å². The molecule has 1 fully saturated rings. The van der Waals surface area contributed by atoms with E-state index < -0.39 is 5.97 Å². The second kappa shape index (κ2) is 5.09. The zero-order chi connectivity index (χ0) is 14.0. The molecule has 1 aliphatic heterocycles. The Labute approximate surface area is 109 Å². The number of carbonyl (C=O) groups is 3. The highest BCUT2D eigenvalue weighted by Gasteiger charge is 2.28. The van der Waals surface area contributed by atoms with Gasteiger partial charge in [0, 0.05) is 12.8 Å². The Kier molecular flexibility index (Phi) is 3.50. The number of hydrogen-bond donors (Lipinski definition) is 1. The number of carbonyl (C=O) groups excluding carboxylic acids is 3. The van der Waals surface area contributed by atoms with Crippen LogP contribution in [0.25, 0.3) is 0 Å². The van der Waals surface area contributed by atoms with Gasteiger partial charge in [0.2, 0.25) is 11.8 Å². The average Bonchev–Trinajstić information content (AvgIpc) is 2.70. The topological polar surface area (TPSA) is 83.9 Å². The lowest BCUT2D eigenvalue weighted by Crippen LogP contribution is -2.28. The summed E-state index contributed by atoms with van der Waals surface area (Å²) in [6, 6.07) is 4.33. The summed E-state index contributed by atoms with van der Waals surface area (Å²) in [7, 11) is 1.22. The molecule has 2 amide bonds. The van der Waals surface area contributed by atoms with Crippen LogP contribution in [0, 0.1) is 0 Å². The van der Waals surface area contributed by atoms with Crippen LogP contribution in [-0.4, -0.2) is 34.9 Å². The largest absolute Gasteiger partial charge is 0.507 e. The lowest BCUT2D eigenvalue weighted by atomic mass is 10.1. The van der Waals surface area contributed by atoms with Crippen molar-refractivity contribution < 1.29 is 24.2 Å². The van der Waals surface area contributed by atoms with Crippen molar-refractivity contribution in [3.05, 3.63) is 29.3 Å². The van der Waals surface area contributed by atoms with E-state index in [9.17, 15) is 19.5 Å². The molecule has 2 rings (SSSR count). The first-order valence-electron chi connectivity index (χ1n) is 5.76. The lowest BCUT2D eigenvalue weighted by Gasteiger charge is -2.14. The van der Waals surface area contributed by atoms with Gasteiger partial charge in [0.05, 0.1) is 13.7 Å². The fourth-order valence-electron chi connectivity index (χ4n) is 1.94. The summed E-state index contributed by atoms with van der Waals surface area (Å²) in [6.45, 7) is 0.104. The van der Waals surface area contributed by atoms with E-state index in [0.717, 1.165) is 4.90 Å². The number of amides is 2. The van der Waals surface area contributed by atoms with Gasteiger partial charge in [-0.05, 0) is 17.7 Å². The Bertz CT molecular complexity index is 536. The van der Waals surface area contributed by atoms with Crippen LogP contribution in [0.2, 0.25) is 0 Å². The second-order valence-electron chi connectivity index (χ2n) is 4.22. The first kappa shape index (κ1) is 13.1. The Morgan fingerprint density at radius 2 is 1.95 bits per heavy atom. The van der Waals surface area contributed by atoms with Gasteiger partial charge in [-0.2, -0.15) is 0 Å². The molecular formula is C13H13NO5. The molecule has 1 aromatic carbocycles. The van der Waals surface area contributed by atoms with Gasteiger partial charge in [0.1, 0.15) is 11.3 Å². The van der Waals surface area contributed by atoms with Crippen molar-refractivity contribution in [1.29, 1.82) is 0 Å². The number of benzene rings is 1. The molecule has 0 aromatic heterocycles. The maximum Gasteiger partial charge on any atom is 0.341 e. The molecule has 6 heteroatoms. The van der Waals surface area contributed by atoms with Crippen molar-refractivity contribution in [1.82, 2.24) is 4.90 Å². The van der Waals surface area contributed by atoms with Gasteiger partial charge in [-0.15, -0.1) is 0 Å². The molecule has 1 aliphatic rings. The highest BCUT2D eigenvalue weighted by molar-refractivity contribution is 6.01. The third-order valence-electron chi connectivity index (χ3n) is 2.96. The predicted molar refractivity (Wildman–Crippen MR) is 64.2 cm³/mol. The fourth-order valence-corrected chi connectivity index (χ4v) is 1.94. The van der Waals surface area contributed by atoms with Gasteiger partial charge < -0.3 is 9.84 Å². The first-order chi connectivity index (χ1) is 9.02. The van der Waals surface area contributed by atoms with Crippen molar-refractivity contribution >= 4 is 17.8 Å². The Hall–Kier alpha value is -2.37. The maximum absolute atomic E-state index is 11.5. The van der Waals surface area contributed by atoms with E-state index in [-0.39, 0.29) is 42.5 Å². The van der Waals surface area contributed by atoms with Crippen LogP contribution in [0.3, 0.4) is 0 Å². The number of esters is 1. The summed E-state index contributed by atoms with van der Waals surface area (Å²) in [5.74, 6) is -1.32. The molecule has 0 radical (unpaired) electrons. The number of aromatic hydroxyl groups is 1. The Balaban J connectivity index is 2.19. The zero-order valence-corrected chi connectivity index (χ0v) is 10.4. The van der Waals surface area contributed by atoms with Crippen LogP contribution < -0.4 is 0 Å². The van der Waals surface area contributed by atoms with E-state index in [0.29, 0.717) is 5.56 Å². The van der Waals surface area contributed by atoms with Crippen LogP contribution in [-0.2, 0) is 20.9 Å². The van der Waals surface area contributed by atoms with Gasteiger partial charge in [-0.1, -0.05) is 6.07 Å². The van der Waals surface area contributed by atoms with Crippen molar-refractivity contribution in [3.8, 4) is 5.75 Å². The summed E-state index contributed by atoms with van der Waals surface area (Å²) in [6.07, 6.45) is 0.454. The molecular weight excluding hydrogens is 250 g/mol. The molecule has 1 heterocycles. The number of ether oxygens (including phenoxy) is 1. The standard InChI is InChI=1S/C13H13NO5/c1-19-13(18)9-3-2-8(6-10(9)15)7-14-11(16)4-5-12(14)17/h2-3,6,15H,4-5,7H2,1H3. The number of rotatable bonds is 3. The van der Waals surface area contributed by atoms with Crippen LogP contribution in [0.5, 0.6) is 5.75 Å². The third-order valence-corrected chi connectivity index (χ3v) is 2.96. The molecule has 0 atom stereocenters. The fraction of sp³-hybridized carbons (Fsp3) is 0.308. The average molecular weight is 263 g/mol. The Morgan fingerprint density at radius 1 is 1.32 bits per heavy atom. The van der Waals surface area contributed by atoms with Crippen LogP contribution in [0.4, 0.5) is 0 Å². The number of nitrogens with zero attached hydrogens (tertiary/aromatic N) is 1. The van der Waals surface area contributed by atoms with Crippen molar-refractivity contribution in [3.63, 3.8) is 0 Å². The normalized spacial score (nSPS) is 14.9. The van der Waals surface area contributed by atoms with E-state index in [1.165, 1.54) is 19.2 Å². The van der Waals surface area contributed by atoms with Crippen LogP contribution in [0.1, 0.15) is 28.8 Å². The van der Waals surface area contributed by atoms with Crippen LogP contribution in [0.15, 0.2) is 18.2 Å². The van der Waals surface area contributed by atoms with E-state index in [1.807, 2.05) is 0 Å². The zero-order valence-electron chi connectivity index (χ0n) is 10.4. The van der Waals surface area contributed by atoms with Crippen molar-refractivity contribution in [2.24, 2.45) is 0 Å². The Morgan fingerprint density at radius 3 is 2.47 bits per heavy atom. The molecule has 1 N–H and O–H groups in total. The van der Waals surface area contributed by atoms with Gasteiger partial charge in [-0.25, -0.2) is 4.79 Å². The van der Waals surface area contributed by atoms with Crippen molar-refractivity contribution in [2.45, 2.75) is 19.4 Å². The molecule has 0 bridgehead atoms. The SMILES string of the molecule is COC(=O)c1ccc(CN2C(=O)CCC2=O)cc1O. The summed E-state index contributed by atoms with van der Waals surface area (Å²) in [4.78, 5) is 35.4. The molecule has 1 saturated heterocycles. The maximum atomic E-state index is 11.5. The molecule has 19 heavy (non-hydrogen) atoms. The number of imide groups is 1. The minimum absolute atomic E-state index is 0.0466. The summed E-state index contributed by atoms with van der Waals surface area (Å²) in [5.41, 5.74) is 0.624.